The van der Waals surface area contributed by atoms with Crippen LogP contribution in [0.1, 0.15) is 24.4 Å². The maximum absolute atomic E-state index is 6.17. The van der Waals surface area contributed by atoms with Gasteiger partial charge in [0.15, 0.2) is 0 Å². The van der Waals surface area contributed by atoms with E-state index in [4.69, 9.17) is 16.3 Å². The monoisotopic (exact) mass is 365 g/mol. The van der Waals surface area contributed by atoms with Crippen molar-refractivity contribution in [3.8, 4) is 5.75 Å². The Morgan fingerprint density at radius 2 is 1.90 bits per heavy atom. The van der Waals surface area contributed by atoms with Crippen molar-refractivity contribution in [3.05, 3.63) is 57.5 Å². The molecule has 1 atom stereocenters. The second-order valence-electron chi connectivity index (χ2n) is 5.33. The van der Waals surface area contributed by atoms with Crippen molar-refractivity contribution in [3.63, 3.8) is 0 Å². The summed E-state index contributed by atoms with van der Waals surface area (Å²) in [7, 11) is 1.69. The highest BCUT2D eigenvalue weighted by molar-refractivity contribution is 9.10. The van der Waals surface area contributed by atoms with Crippen LogP contribution in [-0.4, -0.2) is 7.11 Å². The molecule has 1 fully saturated rings. The van der Waals surface area contributed by atoms with Crippen LogP contribution in [0, 0.1) is 5.92 Å². The van der Waals surface area contributed by atoms with Crippen molar-refractivity contribution in [1.29, 1.82) is 0 Å². The molecule has 2 aromatic carbocycles. The molecule has 0 aromatic heterocycles. The third-order valence-corrected chi connectivity index (χ3v) is 5.23. The van der Waals surface area contributed by atoms with Crippen LogP contribution in [0.5, 0.6) is 5.75 Å². The Labute approximate surface area is 138 Å². The van der Waals surface area contributed by atoms with Gasteiger partial charge in [-0.2, -0.15) is 0 Å². The minimum Gasteiger partial charge on any atom is -0.497 e. The lowest BCUT2D eigenvalue weighted by Crippen LogP contribution is -2.13. The van der Waals surface area contributed by atoms with E-state index in [-0.39, 0.29) is 0 Å². The Morgan fingerprint density at radius 3 is 2.52 bits per heavy atom. The lowest BCUT2D eigenvalue weighted by Gasteiger charge is -2.21. The van der Waals surface area contributed by atoms with Crippen LogP contribution in [0.4, 0.5) is 5.69 Å². The number of halogens is 2. The summed E-state index contributed by atoms with van der Waals surface area (Å²) in [4.78, 5) is 0. The molecule has 1 aliphatic carbocycles. The largest absolute Gasteiger partial charge is 0.497 e. The van der Waals surface area contributed by atoms with Crippen LogP contribution in [0.15, 0.2) is 46.9 Å². The number of methoxy groups -OCH3 is 1. The maximum atomic E-state index is 6.17. The van der Waals surface area contributed by atoms with Crippen LogP contribution >= 0.6 is 27.5 Å². The summed E-state index contributed by atoms with van der Waals surface area (Å²) < 4.78 is 6.15. The number of rotatable bonds is 5. The molecular weight excluding hydrogens is 350 g/mol. The summed E-state index contributed by atoms with van der Waals surface area (Å²) in [5, 5.41) is 4.36. The minimum absolute atomic E-state index is 0.311. The average molecular weight is 367 g/mol. The third-order valence-electron chi connectivity index (χ3n) is 3.83. The van der Waals surface area contributed by atoms with E-state index in [9.17, 15) is 0 Å². The number of ether oxygens (including phenoxy) is 1. The Hall–Kier alpha value is -1.19. The normalized spacial score (nSPS) is 15.6. The molecule has 0 saturated heterocycles. The van der Waals surface area contributed by atoms with E-state index < -0.39 is 0 Å². The van der Waals surface area contributed by atoms with Gasteiger partial charge < -0.3 is 10.1 Å². The molecule has 1 aliphatic rings. The number of nitrogens with one attached hydrogen (secondary N) is 1. The summed E-state index contributed by atoms with van der Waals surface area (Å²) in [5.41, 5.74) is 2.32. The molecule has 0 aliphatic heterocycles. The van der Waals surface area contributed by atoms with Gasteiger partial charge in [-0.3, -0.25) is 0 Å². The first-order valence-corrected chi connectivity index (χ1v) is 8.20. The predicted molar refractivity (Wildman–Crippen MR) is 91.2 cm³/mol. The predicted octanol–water partition coefficient (Wildman–Crippen LogP) is 5.67. The average Bonchev–Trinajstić information content (AvgIpc) is 3.34. The molecule has 0 radical (unpaired) electrons. The van der Waals surface area contributed by atoms with Gasteiger partial charge in [-0.15, -0.1) is 0 Å². The molecule has 2 aromatic rings. The molecule has 1 unspecified atom stereocenters. The quantitative estimate of drug-likeness (QED) is 0.735. The molecule has 3 rings (SSSR count). The molecule has 1 saturated carbocycles. The van der Waals surface area contributed by atoms with Gasteiger partial charge in [0.25, 0.3) is 0 Å². The molecular formula is C17H17BrClNO. The van der Waals surface area contributed by atoms with E-state index in [0.717, 1.165) is 20.9 Å². The first-order valence-electron chi connectivity index (χ1n) is 7.03. The zero-order valence-electron chi connectivity index (χ0n) is 11.8. The lowest BCUT2D eigenvalue weighted by atomic mass is 10.0. The molecule has 110 valence electrons. The zero-order valence-corrected chi connectivity index (χ0v) is 14.1. The molecule has 0 spiro atoms. The molecule has 1 N–H and O–H groups in total. The fourth-order valence-electron chi connectivity index (χ4n) is 2.50. The van der Waals surface area contributed by atoms with E-state index in [0.29, 0.717) is 12.0 Å². The van der Waals surface area contributed by atoms with Gasteiger partial charge >= 0.3 is 0 Å². The summed E-state index contributed by atoms with van der Waals surface area (Å²) in [6.07, 6.45) is 2.53. The van der Waals surface area contributed by atoms with Crippen LogP contribution in [0.3, 0.4) is 0 Å². The highest BCUT2D eigenvalue weighted by Gasteiger charge is 2.32. The molecule has 0 amide bonds. The molecule has 0 bridgehead atoms. The molecule has 4 heteroatoms. The van der Waals surface area contributed by atoms with Gasteiger partial charge in [0.05, 0.1) is 28.3 Å². The van der Waals surface area contributed by atoms with Crippen molar-refractivity contribution >= 4 is 33.2 Å². The van der Waals surface area contributed by atoms with Crippen molar-refractivity contribution in [2.24, 2.45) is 5.92 Å². The van der Waals surface area contributed by atoms with Gasteiger partial charge in [0.1, 0.15) is 5.75 Å². The van der Waals surface area contributed by atoms with Gasteiger partial charge in [-0.25, -0.2) is 0 Å². The van der Waals surface area contributed by atoms with Crippen LogP contribution in [-0.2, 0) is 0 Å². The number of hydrogen-bond acceptors (Lipinski definition) is 2. The van der Waals surface area contributed by atoms with Crippen LogP contribution in [0.2, 0.25) is 5.02 Å². The smallest absolute Gasteiger partial charge is 0.118 e. The van der Waals surface area contributed by atoms with E-state index in [1.54, 1.807) is 7.11 Å². The summed E-state index contributed by atoms with van der Waals surface area (Å²) in [6.45, 7) is 0. The number of anilines is 1. The highest BCUT2D eigenvalue weighted by atomic mass is 79.9. The topological polar surface area (TPSA) is 21.3 Å². The Kier molecular flexibility index (Phi) is 4.41. The lowest BCUT2D eigenvalue weighted by molar-refractivity contribution is 0.414. The minimum atomic E-state index is 0.311. The second-order valence-corrected chi connectivity index (χ2v) is 6.53. The van der Waals surface area contributed by atoms with Crippen LogP contribution in [0.25, 0.3) is 0 Å². The fraction of sp³-hybridized carbons (Fsp3) is 0.294. The van der Waals surface area contributed by atoms with Gasteiger partial charge in [0.2, 0.25) is 0 Å². The van der Waals surface area contributed by atoms with Gasteiger partial charge in [0, 0.05) is 0 Å². The number of hydrogen-bond donors (Lipinski definition) is 1. The number of benzene rings is 2. The first kappa shape index (κ1) is 14.7. The van der Waals surface area contributed by atoms with Crippen molar-refractivity contribution in [2.45, 2.75) is 18.9 Å². The third kappa shape index (κ3) is 3.35. The van der Waals surface area contributed by atoms with Crippen LogP contribution < -0.4 is 10.1 Å². The Bertz CT molecular complexity index is 625. The standard InChI is InChI=1S/C17H17BrClNO/c1-21-13-9-7-12(8-10-13)17(11-5-6-11)20-15-4-2-3-14(19)16(15)18/h2-4,7-11,17,20H,5-6H2,1H3. The fourth-order valence-corrected chi connectivity index (χ4v) is 3.05. The van der Waals surface area contributed by atoms with Gasteiger partial charge in [-0.05, 0) is 64.5 Å². The summed E-state index contributed by atoms with van der Waals surface area (Å²) in [6, 6.07) is 14.5. The van der Waals surface area contributed by atoms with E-state index in [2.05, 4.69) is 39.4 Å². The molecule has 21 heavy (non-hydrogen) atoms. The summed E-state index contributed by atoms with van der Waals surface area (Å²) in [5.74, 6) is 1.57. The van der Waals surface area contributed by atoms with E-state index in [1.807, 2.05) is 24.3 Å². The Balaban J connectivity index is 1.86. The zero-order chi connectivity index (χ0) is 14.8. The van der Waals surface area contributed by atoms with Crippen molar-refractivity contribution in [1.82, 2.24) is 0 Å². The molecule has 2 nitrogen and oxygen atoms in total. The maximum Gasteiger partial charge on any atom is 0.118 e. The van der Waals surface area contributed by atoms with Gasteiger partial charge in [-0.1, -0.05) is 29.8 Å². The van der Waals surface area contributed by atoms with Crippen molar-refractivity contribution in [2.75, 3.05) is 12.4 Å². The molecule has 0 heterocycles. The SMILES string of the molecule is COc1ccc(C(Nc2cccc(Cl)c2Br)C2CC2)cc1. The first-order chi connectivity index (χ1) is 10.2. The Morgan fingerprint density at radius 1 is 1.19 bits per heavy atom. The van der Waals surface area contributed by atoms with E-state index in [1.165, 1.54) is 18.4 Å². The van der Waals surface area contributed by atoms with Crippen molar-refractivity contribution < 1.29 is 4.74 Å². The highest BCUT2D eigenvalue weighted by Crippen LogP contribution is 2.44. The second kappa shape index (κ2) is 6.29. The summed E-state index contributed by atoms with van der Waals surface area (Å²) >= 11 is 9.73. The van der Waals surface area contributed by atoms with E-state index >= 15 is 0 Å².